The molecule has 1 unspecified atom stereocenters. The van der Waals surface area contributed by atoms with E-state index in [0.29, 0.717) is 11.4 Å². The van der Waals surface area contributed by atoms with Crippen LogP contribution in [0.5, 0.6) is 0 Å². The Balaban J connectivity index is 2.13. The third-order valence-electron chi connectivity index (χ3n) is 3.20. The lowest BCUT2D eigenvalue weighted by Crippen LogP contribution is -2.60. The Morgan fingerprint density at radius 2 is 2.00 bits per heavy atom. The van der Waals surface area contributed by atoms with Crippen molar-refractivity contribution in [3.05, 3.63) is 24.0 Å². The van der Waals surface area contributed by atoms with Crippen LogP contribution in [-0.2, 0) is 4.74 Å². The second-order valence-corrected chi connectivity index (χ2v) is 4.53. The number of ether oxygens (including phenoxy) is 1. The highest BCUT2D eigenvalue weighted by Crippen LogP contribution is 2.23. The number of anilines is 1. The van der Waals surface area contributed by atoms with Crippen molar-refractivity contribution in [2.24, 2.45) is 0 Å². The second-order valence-electron chi connectivity index (χ2n) is 4.53. The summed E-state index contributed by atoms with van der Waals surface area (Å²) < 4.78 is 5.34. The Morgan fingerprint density at radius 1 is 1.26 bits per heavy atom. The van der Waals surface area contributed by atoms with Gasteiger partial charge in [-0.05, 0) is 19.1 Å². The third kappa shape index (κ3) is 2.85. The van der Waals surface area contributed by atoms with E-state index in [4.69, 9.17) is 9.84 Å². The molecule has 0 spiro atoms. The van der Waals surface area contributed by atoms with E-state index in [0.717, 1.165) is 0 Å². The molecule has 19 heavy (non-hydrogen) atoms. The van der Waals surface area contributed by atoms with E-state index >= 15 is 0 Å². The zero-order chi connectivity index (χ0) is 14.0. The van der Waals surface area contributed by atoms with Crippen LogP contribution in [0, 0.1) is 6.92 Å². The fourth-order valence-corrected chi connectivity index (χ4v) is 2.01. The molecule has 1 fully saturated rings. The number of hydrogen-bond donors (Lipinski definition) is 5. The van der Waals surface area contributed by atoms with Gasteiger partial charge in [0.1, 0.15) is 24.4 Å². The molecule has 0 radical (unpaired) electrons. The number of aliphatic hydroxyl groups is 4. The van der Waals surface area contributed by atoms with E-state index in [1.807, 2.05) is 0 Å². The van der Waals surface area contributed by atoms with E-state index < -0.39 is 37.3 Å². The lowest BCUT2D eigenvalue weighted by atomic mass is 9.98. The molecule has 2 rings (SSSR count). The Bertz CT molecular complexity index is 428. The Morgan fingerprint density at radius 3 is 2.63 bits per heavy atom. The summed E-state index contributed by atoms with van der Waals surface area (Å²) in [6, 6.07) is 3.48. The zero-order valence-corrected chi connectivity index (χ0v) is 10.5. The number of pyridine rings is 1. The molecule has 2 heterocycles. The average molecular weight is 270 g/mol. The van der Waals surface area contributed by atoms with Gasteiger partial charge >= 0.3 is 0 Å². The van der Waals surface area contributed by atoms with E-state index in [1.165, 1.54) is 0 Å². The molecule has 1 saturated heterocycles. The van der Waals surface area contributed by atoms with Crippen LogP contribution in [0.2, 0.25) is 0 Å². The van der Waals surface area contributed by atoms with E-state index in [2.05, 4.69) is 10.3 Å². The smallest absolute Gasteiger partial charge is 0.157 e. The molecule has 0 saturated carbocycles. The highest BCUT2D eigenvalue weighted by atomic mass is 16.6. The lowest BCUT2D eigenvalue weighted by molar-refractivity contribution is -0.221. The minimum atomic E-state index is -1.39. The van der Waals surface area contributed by atoms with Crippen LogP contribution in [0.1, 0.15) is 5.69 Å². The topological polar surface area (TPSA) is 115 Å². The van der Waals surface area contributed by atoms with Gasteiger partial charge in [0.25, 0.3) is 0 Å². The molecule has 5 N–H and O–H groups in total. The molecule has 1 aromatic heterocycles. The van der Waals surface area contributed by atoms with Gasteiger partial charge in [-0.2, -0.15) is 0 Å². The molecule has 7 heteroatoms. The summed E-state index contributed by atoms with van der Waals surface area (Å²) in [7, 11) is 0. The van der Waals surface area contributed by atoms with Crippen LogP contribution >= 0.6 is 0 Å². The molecule has 1 aromatic rings. The first kappa shape index (κ1) is 14.2. The highest BCUT2D eigenvalue weighted by Gasteiger charge is 2.43. The minimum absolute atomic E-state index is 0.449. The monoisotopic (exact) mass is 270 g/mol. The van der Waals surface area contributed by atoms with Crippen LogP contribution < -0.4 is 5.32 Å². The normalized spacial score (nSPS) is 35.1. The van der Waals surface area contributed by atoms with Crippen LogP contribution in [0.3, 0.4) is 0 Å². The standard InChI is InChI=1S/C12H18N2O5/c1-6-7(3-2-4-13-6)14-12-11(18)10(17)9(16)8(5-15)19-12/h2-4,8-12,14-18H,5H2,1H3/t8-,9-,10+,11+,12?/m1/s1. The van der Waals surface area contributed by atoms with E-state index in [9.17, 15) is 15.3 Å². The summed E-state index contributed by atoms with van der Waals surface area (Å²) in [4.78, 5) is 4.08. The van der Waals surface area contributed by atoms with Crippen molar-refractivity contribution in [1.82, 2.24) is 4.98 Å². The molecular formula is C12H18N2O5. The summed E-state index contributed by atoms with van der Waals surface area (Å²) in [5.41, 5.74) is 1.35. The molecule has 1 aliphatic heterocycles. The van der Waals surface area contributed by atoms with Gasteiger partial charge in [0.15, 0.2) is 6.23 Å². The molecule has 5 atom stereocenters. The van der Waals surface area contributed by atoms with Crippen LogP contribution in [0.25, 0.3) is 0 Å². The quantitative estimate of drug-likeness (QED) is 0.459. The van der Waals surface area contributed by atoms with Gasteiger partial charge in [0, 0.05) is 6.20 Å². The van der Waals surface area contributed by atoms with Crippen molar-refractivity contribution in [3.63, 3.8) is 0 Å². The van der Waals surface area contributed by atoms with Crippen molar-refractivity contribution >= 4 is 5.69 Å². The Labute approximate surface area is 110 Å². The van der Waals surface area contributed by atoms with Gasteiger partial charge in [0.2, 0.25) is 0 Å². The molecule has 0 amide bonds. The number of rotatable bonds is 3. The number of hydrogen-bond acceptors (Lipinski definition) is 7. The predicted octanol–water partition coefficient (Wildman–Crippen LogP) is -1.40. The fourth-order valence-electron chi connectivity index (χ4n) is 2.01. The van der Waals surface area contributed by atoms with Gasteiger partial charge < -0.3 is 30.5 Å². The average Bonchev–Trinajstić information content (AvgIpc) is 2.41. The summed E-state index contributed by atoms with van der Waals surface area (Å²) in [5, 5.41) is 41.2. The summed E-state index contributed by atoms with van der Waals surface area (Å²) in [6.07, 6.45) is -4.27. The molecule has 0 aromatic carbocycles. The number of nitrogens with one attached hydrogen (secondary N) is 1. The van der Waals surface area contributed by atoms with E-state index in [1.54, 1.807) is 25.3 Å². The van der Waals surface area contributed by atoms with Gasteiger partial charge in [0.05, 0.1) is 18.0 Å². The second kappa shape index (κ2) is 5.81. The molecule has 106 valence electrons. The number of aliphatic hydroxyl groups excluding tert-OH is 4. The molecule has 7 nitrogen and oxygen atoms in total. The number of aryl methyl sites for hydroxylation is 1. The van der Waals surface area contributed by atoms with Gasteiger partial charge in [-0.15, -0.1) is 0 Å². The lowest BCUT2D eigenvalue weighted by Gasteiger charge is -2.40. The summed E-state index contributed by atoms with van der Waals surface area (Å²) >= 11 is 0. The molecule has 0 bridgehead atoms. The SMILES string of the molecule is Cc1ncccc1NC1O[C@H](CO)[C@@H](O)[C@H](O)[C@@H]1O. The molecule has 1 aliphatic rings. The third-order valence-corrected chi connectivity index (χ3v) is 3.20. The van der Waals surface area contributed by atoms with Crippen molar-refractivity contribution in [2.45, 2.75) is 37.6 Å². The first-order chi connectivity index (χ1) is 9.04. The summed E-state index contributed by atoms with van der Waals surface area (Å²) in [5.74, 6) is 0. The minimum Gasteiger partial charge on any atom is -0.394 e. The van der Waals surface area contributed by atoms with Gasteiger partial charge in [-0.1, -0.05) is 0 Å². The Kier molecular flexibility index (Phi) is 4.33. The van der Waals surface area contributed by atoms with Crippen molar-refractivity contribution in [2.75, 3.05) is 11.9 Å². The molecular weight excluding hydrogens is 252 g/mol. The van der Waals surface area contributed by atoms with Gasteiger partial charge in [-0.3, -0.25) is 4.98 Å². The van der Waals surface area contributed by atoms with Crippen LogP contribution in [-0.4, -0.2) is 62.7 Å². The summed E-state index contributed by atoms with van der Waals surface area (Å²) in [6.45, 7) is 1.33. The van der Waals surface area contributed by atoms with Crippen LogP contribution in [0.4, 0.5) is 5.69 Å². The first-order valence-electron chi connectivity index (χ1n) is 6.03. The van der Waals surface area contributed by atoms with Gasteiger partial charge in [-0.25, -0.2) is 0 Å². The fraction of sp³-hybridized carbons (Fsp3) is 0.583. The number of nitrogens with zero attached hydrogens (tertiary/aromatic N) is 1. The van der Waals surface area contributed by atoms with E-state index in [-0.39, 0.29) is 0 Å². The Hall–Kier alpha value is -1.25. The van der Waals surface area contributed by atoms with Crippen molar-refractivity contribution < 1.29 is 25.2 Å². The zero-order valence-electron chi connectivity index (χ0n) is 10.5. The highest BCUT2D eigenvalue weighted by molar-refractivity contribution is 5.47. The predicted molar refractivity (Wildman–Crippen MR) is 66.4 cm³/mol. The maximum absolute atomic E-state index is 9.87. The van der Waals surface area contributed by atoms with Crippen LogP contribution in [0.15, 0.2) is 18.3 Å². The number of aromatic nitrogens is 1. The molecule has 0 aliphatic carbocycles. The first-order valence-corrected chi connectivity index (χ1v) is 6.03. The maximum atomic E-state index is 9.87. The largest absolute Gasteiger partial charge is 0.394 e. The van der Waals surface area contributed by atoms with Crippen molar-refractivity contribution in [3.8, 4) is 0 Å². The maximum Gasteiger partial charge on any atom is 0.157 e. The van der Waals surface area contributed by atoms with Crippen molar-refractivity contribution in [1.29, 1.82) is 0 Å².